The first kappa shape index (κ1) is 20.7. The van der Waals surface area contributed by atoms with Gasteiger partial charge in [-0.3, -0.25) is 4.79 Å². The zero-order valence-corrected chi connectivity index (χ0v) is 15.7. The van der Waals surface area contributed by atoms with E-state index < -0.39 is 37.3 Å². The number of phenols is 1. The molecule has 5 N–H and O–H groups in total. The molecule has 9 heteroatoms. The molecule has 1 aromatic heterocycles. The van der Waals surface area contributed by atoms with Gasteiger partial charge in [-0.2, -0.15) is 0 Å². The van der Waals surface area contributed by atoms with Crippen molar-refractivity contribution < 1.29 is 39.8 Å². The Morgan fingerprint density at radius 2 is 1.89 bits per heavy atom. The van der Waals surface area contributed by atoms with E-state index in [4.69, 9.17) is 9.47 Å². The van der Waals surface area contributed by atoms with Gasteiger partial charge in [-0.15, -0.1) is 11.3 Å². The van der Waals surface area contributed by atoms with Gasteiger partial charge in [-0.05, 0) is 30.0 Å². The number of ether oxygens (including phenoxy) is 2. The second-order valence-electron chi connectivity index (χ2n) is 6.47. The number of Topliss-reactive ketones (excluding diaryl/α,β-unsaturated/α-hetero) is 1. The first-order valence-corrected chi connectivity index (χ1v) is 9.65. The second-order valence-corrected chi connectivity index (χ2v) is 7.50. The van der Waals surface area contributed by atoms with Crippen molar-refractivity contribution in [3.05, 3.63) is 46.2 Å². The number of aliphatic hydroxyl groups excluding tert-OH is 4. The van der Waals surface area contributed by atoms with Gasteiger partial charge in [0, 0.05) is 11.3 Å². The molecule has 8 nitrogen and oxygen atoms in total. The smallest absolute Gasteiger partial charge is 0.229 e. The van der Waals surface area contributed by atoms with Gasteiger partial charge in [0.05, 0.1) is 6.61 Å². The quantitative estimate of drug-likeness (QED) is 0.415. The summed E-state index contributed by atoms with van der Waals surface area (Å²) in [4.78, 5) is 13.7. The first-order valence-electron chi connectivity index (χ1n) is 8.77. The first-order chi connectivity index (χ1) is 13.4. The van der Waals surface area contributed by atoms with Crippen molar-refractivity contribution in [1.29, 1.82) is 0 Å². The van der Waals surface area contributed by atoms with Crippen LogP contribution in [0, 0.1) is 0 Å². The van der Waals surface area contributed by atoms with Crippen LogP contribution in [0.4, 0.5) is 0 Å². The third-order valence-corrected chi connectivity index (χ3v) is 5.49. The number of carbonyl (C=O) groups excluding carboxylic acids is 1. The number of hydrogen-bond acceptors (Lipinski definition) is 9. The van der Waals surface area contributed by atoms with E-state index in [1.807, 2.05) is 17.5 Å². The molecular formula is C19H22O8S. The van der Waals surface area contributed by atoms with E-state index in [0.29, 0.717) is 6.42 Å². The van der Waals surface area contributed by atoms with E-state index in [2.05, 4.69) is 0 Å². The molecule has 2 heterocycles. The summed E-state index contributed by atoms with van der Waals surface area (Å²) < 4.78 is 10.9. The summed E-state index contributed by atoms with van der Waals surface area (Å²) in [7, 11) is 0. The van der Waals surface area contributed by atoms with Crippen LogP contribution in [0.5, 0.6) is 11.5 Å². The molecule has 1 aromatic carbocycles. The van der Waals surface area contributed by atoms with Crippen molar-refractivity contribution in [2.24, 2.45) is 0 Å². The fourth-order valence-electron chi connectivity index (χ4n) is 3.00. The fourth-order valence-corrected chi connectivity index (χ4v) is 3.71. The Morgan fingerprint density at radius 3 is 2.57 bits per heavy atom. The molecule has 152 valence electrons. The van der Waals surface area contributed by atoms with Gasteiger partial charge in [0.1, 0.15) is 41.5 Å². The highest BCUT2D eigenvalue weighted by Crippen LogP contribution is 2.32. The maximum absolute atomic E-state index is 12.7. The number of phenolic OH excluding ortho intramolecular Hbond substituents is 1. The molecular weight excluding hydrogens is 388 g/mol. The van der Waals surface area contributed by atoms with E-state index in [1.165, 1.54) is 29.5 Å². The third kappa shape index (κ3) is 4.35. The van der Waals surface area contributed by atoms with E-state index in [9.17, 15) is 30.3 Å². The van der Waals surface area contributed by atoms with Crippen LogP contribution in [0.3, 0.4) is 0 Å². The number of thiophene rings is 1. The Morgan fingerprint density at radius 1 is 1.11 bits per heavy atom. The Bertz CT molecular complexity index is 791. The predicted molar refractivity (Wildman–Crippen MR) is 99.5 cm³/mol. The van der Waals surface area contributed by atoms with Crippen molar-refractivity contribution >= 4 is 17.1 Å². The molecule has 2 aromatic rings. The van der Waals surface area contributed by atoms with E-state index in [1.54, 1.807) is 0 Å². The Kier molecular flexibility index (Phi) is 6.65. The van der Waals surface area contributed by atoms with E-state index in [0.717, 1.165) is 4.88 Å². The van der Waals surface area contributed by atoms with E-state index >= 15 is 0 Å². The molecule has 28 heavy (non-hydrogen) atoms. The van der Waals surface area contributed by atoms with Crippen LogP contribution in [-0.4, -0.2) is 68.6 Å². The highest BCUT2D eigenvalue weighted by molar-refractivity contribution is 7.09. The molecule has 3 rings (SSSR count). The van der Waals surface area contributed by atoms with Gasteiger partial charge < -0.3 is 35.0 Å². The molecule has 5 atom stereocenters. The average Bonchev–Trinajstić information content (AvgIpc) is 3.20. The number of hydrogen-bond donors (Lipinski definition) is 5. The van der Waals surface area contributed by atoms with Gasteiger partial charge in [0.15, 0.2) is 5.78 Å². The second kappa shape index (κ2) is 8.99. The topological polar surface area (TPSA) is 137 Å². The Hall–Kier alpha value is -2.01. The zero-order chi connectivity index (χ0) is 20.3. The summed E-state index contributed by atoms with van der Waals surface area (Å²) in [6.07, 6.45) is -6.68. The average molecular weight is 410 g/mol. The molecule has 0 saturated carbocycles. The fraction of sp³-hybridized carbons (Fsp3) is 0.421. The number of ketones is 1. The van der Waals surface area contributed by atoms with Crippen LogP contribution in [0.1, 0.15) is 21.7 Å². The van der Waals surface area contributed by atoms with Crippen molar-refractivity contribution in [2.45, 2.75) is 43.5 Å². The molecule has 0 bridgehead atoms. The predicted octanol–water partition coefficient (Wildman–Crippen LogP) is 0.448. The molecule has 0 spiro atoms. The van der Waals surface area contributed by atoms with Gasteiger partial charge in [-0.25, -0.2) is 0 Å². The molecule has 1 aliphatic rings. The van der Waals surface area contributed by atoms with Gasteiger partial charge in [-0.1, -0.05) is 12.1 Å². The summed E-state index contributed by atoms with van der Waals surface area (Å²) in [5, 5.41) is 51.2. The summed E-state index contributed by atoms with van der Waals surface area (Å²) >= 11 is 1.53. The third-order valence-electron chi connectivity index (χ3n) is 4.55. The molecule has 0 unspecified atom stereocenters. The highest BCUT2D eigenvalue weighted by Gasteiger charge is 2.45. The largest absolute Gasteiger partial charge is 0.507 e. The molecule has 0 amide bonds. The van der Waals surface area contributed by atoms with Gasteiger partial charge in [0.2, 0.25) is 6.29 Å². The molecule has 1 saturated heterocycles. The van der Waals surface area contributed by atoms with Crippen LogP contribution in [0.25, 0.3) is 0 Å². The Labute approximate surface area is 165 Å². The minimum atomic E-state index is -1.62. The standard InChI is InChI=1S/C19H22O8S/c20-9-14-16(23)17(24)18(25)19(27-14)26-13-5-1-4-11(21)15(13)12(22)7-6-10-3-2-8-28-10/h1-5,8,14,16-21,23-25H,6-7,9H2/t14-,16-,17+,18-,19-/m1/s1. The van der Waals surface area contributed by atoms with Crippen molar-refractivity contribution in [2.75, 3.05) is 6.61 Å². The monoisotopic (exact) mass is 410 g/mol. The minimum absolute atomic E-state index is 0.0273. The lowest BCUT2D eigenvalue weighted by Crippen LogP contribution is -2.60. The zero-order valence-electron chi connectivity index (χ0n) is 14.8. The molecule has 0 aliphatic carbocycles. The SMILES string of the molecule is O=C(CCc1cccs1)c1c(O)cccc1O[C@@H]1O[C@H](CO)[C@@H](O)[C@H](O)[C@H]1O. The molecule has 0 radical (unpaired) electrons. The number of carbonyl (C=O) groups is 1. The summed E-state index contributed by atoms with van der Waals surface area (Å²) in [6.45, 7) is -0.600. The Balaban J connectivity index is 1.78. The van der Waals surface area contributed by atoms with Crippen LogP contribution in [0.2, 0.25) is 0 Å². The normalized spacial score (nSPS) is 27.5. The summed E-state index contributed by atoms with van der Waals surface area (Å²) in [6, 6.07) is 8.04. The number of rotatable bonds is 7. The number of benzene rings is 1. The van der Waals surface area contributed by atoms with Crippen LogP contribution < -0.4 is 4.74 Å². The highest BCUT2D eigenvalue weighted by atomic mass is 32.1. The van der Waals surface area contributed by atoms with E-state index in [-0.39, 0.29) is 29.3 Å². The summed E-state index contributed by atoms with van der Waals surface area (Å²) in [5.41, 5.74) is -0.0592. The van der Waals surface area contributed by atoms with Crippen LogP contribution in [0.15, 0.2) is 35.7 Å². The number of aryl methyl sites for hydroxylation is 1. The number of aromatic hydroxyl groups is 1. The maximum Gasteiger partial charge on any atom is 0.229 e. The van der Waals surface area contributed by atoms with Crippen molar-refractivity contribution in [1.82, 2.24) is 0 Å². The molecule has 1 aliphatic heterocycles. The van der Waals surface area contributed by atoms with Crippen molar-refractivity contribution in [3.8, 4) is 11.5 Å². The maximum atomic E-state index is 12.7. The lowest BCUT2D eigenvalue weighted by atomic mass is 9.99. The molecule has 1 fully saturated rings. The summed E-state index contributed by atoms with van der Waals surface area (Å²) in [5.74, 6) is -0.662. The van der Waals surface area contributed by atoms with Crippen LogP contribution >= 0.6 is 11.3 Å². The van der Waals surface area contributed by atoms with Gasteiger partial charge >= 0.3 is 0 Å². The number of aliphatic hydroxyl groups is 4. The van der Waals surface area contributed by atoms with Gasteiger partial charge in [0.25, 0.3) is 0 Å². The lowest BCUT2D eigenvalue weighted by molar-refractivity contribution is -0.277. The lowest BCUT2D eigenvalue weighted by Gasteiger charge is -2.39. The van der Waals surface area contributed by atoms with Crippen molar-refractivity contribution in [3.63, 3.8) is 0 Å². The van der Waals surface area contributed by atoms with Crippen LogP contribution in [-0.2, 0) is 11.2 Å². The minimum Gasteiger partial charge on any atom is -0.507 e.